The van der Waals surface area contributed by atoms with E-state index < -0.39 is 0 Å². The van der Waals surface area contributed by atoms with E-state index in [-0.39, 0.29) is 6.85 Å². The first kappa shape index (κ1) is 43.4. The second-order valence-electron chi connectivity index (χ2n) is 20.4. The van der Waals surface area contributed by atoms with Crippen LogP contribution < -0.4 is 15.8 Å². The molecule has 0 bridgehead atoms. The lowest BCUT2D eigenvalue weighted by Gasteiger charge is -2.42. The Hall–Kier alpha value is -8.65. The predicted molar refractivity (Wildman–Crippen MR) is 305 cm³/mol. The fourth-order valence-electron chi connectivity index (χ4n) is 12.9. The predicted octanol–water partition coefficient (Wildman–Crippen LogP) is 16.6. The summed E-state index contributed by atoms with van der Waals surface area (Å²) in [6.07, 6.45) is 0. The first-order chi connectivity index (χ1) is 35.0. The van der Waals surface area contributed by atoms with Crippen LogP contribution in [0.2, 0.25) is 0 Å². The Morgan fingerprint density at radius 1 is 0.417 bits per heavy atom. The number of nitriles is 1. The summed E-state index contributed by atoms with van der Waals surface area (Å²) in [4.78, 5) is 2.52. The van der Waals surface area contributed by atoms with Crippen molar-refractivity contribution in [2.24, 2.45) is 0 Å². The number of anilines is 3. The maximum atomic E-state index is 9.94. The Balaban J connectivity index is 1.19. The molecule has 0 fully saturated rings. The van der Waals surface area contributed by atoms with E-state index >= 15 is 0 Å². The third kappa shape index (κ3) is 6.65. The Labute approximate surface area is 423 Å². The Bertz CT molecular complexity index is 4050. The normalized spacial score (nSPS) is 12.3. The van der Waals surface area contributed by atoms with Gasteiger partial charge in [-0.3, -0.25) is 0 Å². The van der Waals surface area contributed by atoms with E-state index in [0.29, 0.717) is 5.56 Å². The minimum Gasteiger partial charge on any atom is -0.375 e. The zero-order valence-electron chi connectivity index (χ0n) is 41.8. The van der Waals surface area contributed by atoms with Crippen LogP contribution in [0, 0.1) is 59.8 Å². The highest BCUT2D eigenvalue weighted by molar-refractivity contribution is 6.90. The maximum Gasteiger partial charge on any atom is 0.333 e. The van der Waals surface area contributed by atoms with Gasteiger partial charge in [-0.25, -0.2) is 0 Å². The summed E-state index contributed by atoms with van der Waals surface area (Å²) in [6.45, 7) is 15.6. The topological polar surface area (TPSA) is 32.0 Å². The van der Waals surface area contributed by atoms with Gasteiger partial charge in [-0.05, 0) is 209 Å². The van der Waals surface area contributed by atoms with E-state index in [0.717, 1.165) is 28.2 Å². The molecule has 0 amide bonds. The summed E-state index contributed by atoms with van der Waals surface area (Å²) in [7, 11) is 0. The standard InChI is InChI=1S/C68H52BN3/c1-40-30-42(3)64(43(4)31-40)53-25-28-61-57(34-53)58-35-54(65-44(5)32-41(2)33-45(65)6)36-59-66-46(7)56(51-20-18-47(39-70)19-21-51)38-63-67(66)69(72(61)68(58)59)60-37-52(49-16-12-9-13-17-49)24-29-62(60)71(63)55-26-22-50(23-27-55)48-14-10-8-11-15-48/h8-38H,1-7H3. The molecule has 0 atom stereocenters. The van der Waals surface area contributed by atoms with Crippen molar-refractivity contribution in [2.75, 3.05) is 4.90 Å². The van der Waals surface area contributed by atoms with E-state index in [2.05, 4.69) is 240 Å². The minimum atomic E-state index is -0.155. The Kier molecular flexibility index (Phi) is 9.93. The van der Waals surface area contributed by atoms with Gasteiger partial charge in [-0.1, -0.05) is 139 Å². The third-order valence-corrected chi connectivity index (χ3v) is 15.7. The average molecular weight is 922 g/mol. The van der Waals surface area contributed by atoms with Crippen molar-refractivity contribution in [3.8, 4) is 72.8 Å². The first-order valence-corrected chi connectivity index (χ1v) is 25.2. The van der Waals surface area contributed by atoms with Gasteiger partial charge in [-0.15, -0.1) is 0 Å². The van der Waals surface area contributed by atoms with Crippen LogP contribution in [-0.2, 0) is 0 Å². The van der Waals surface area contributed by atoms with E-state index in [1.165, 1.54) is 127 Å². The van der Waals surface area contributed by atoms with E-state index in [1.54, 1.807) is 0 Å². The van der Waals surface area contributed by atoms with Crippen molar-refractivity contribution < 1.29 is 0 Å². The van der Waals surface area contributed by atoms with Crippen LogP contribution in [0.1, 0.15) is 44.5 Å². The lowest BCUT2D eigenvalue weighted by Crippen LogP contribution is -2.57. The number of hydrogen-bond donors (Lipinski definition) is 0. The number of fused-ring (bicyclic) bond motifs is 7. The monoisotopic (exact) mass is 921 g/mol. The van der Waals surface area contributed by atoms with Gasteiger partial charge in [0.25, 0.3) is 0 Å². The van der Waals surface area contributed by atoms with Gasteiger partial charge in [0.15, 0.2) is 0 Å². The van der Waals surface area contributed by atoms with Gasteiger partial charge >= 0.3 is 6.85 Å². The largest absolute Gasteiger partial charge is 0.375 e. The van der Waals surface area contributed by atoms with Crippen LogP contribution in [0.15, 0.2) is 188 Å². The van der Waals surface area contributed by atoms with Crippen molar-refractivity contribution in [1.82, 2.24) is 4.48 Å². The third-order valence-electron chi connectivity index (χ3n) is 15.7. The van der Waals surface area contributed by atoms with Crippen LogP contribution in [0.3, 0.4) is 0 Å². The number of rotatable bonds is 6. The van der Waals surface area contributed by atoms with E-state index in [1.807, 2.05) is 12.1 Å². The van der Waals surface area contributed by atoms with Crippen LogP contribution in [0.5, 0.6) is 0 Å². The van der Waals surface area contributed by atoms with Gasteiger partial charge in [0.2, 0.25) is 0 Å². The Morgan fingerprint density at radius 3 is 1.58 bits per heavy atom. The first-order valence-electron chi connectivity index (χ1n) is 25.2. The van der Waals surface area contributed by atoms with Gasteiger partial charge in [0.05, 0.1) is 11.6 Å². The molecule has 0 aliphatic carbocycles. The molecule has 4 heteroatoms. The summed E-state index contributed by atoms with van der Waals surface area (Å²) in [5.41, 5.74) is 32.6. The highest BCUT2D eigenvalue weighted by Crippen LogP contribution is 2.51. The SMILES string of the molecule is Cc1cc(C)c(-c2ccc3c(c2)c2cc(-c4c(C)cc(C)cc4C)cc4c2n3B2c3cc(-c5ccccc5)ccc3N(c3ccc(-c5ccccc5)cc3)c3cc(-c5ccc(C#N)cc5)c(C)c-4c32)c(C)c1. The molecule has 0 spiro atoms. The van der Waals surface area contributed by atoms with Crippen LogP contribution in [0.25, 0.3) is 88.6 Å². The molecular weight excluding hydrogens is 870 g/mol. The summed E-state index contributed by atoms with van der Waals surface area (Å²) < 4.78 is 2.70. The van der Waals surface area contributed by atoms with Gasteiger partial charge in [0.1, 0.15) is 0 Å². The highest BCUT2D eigenvalue weighted by atomic mass is 15.2. The zero-order valence-corrected chi connectivity index (χ0v) is 41.8. The lowest BCUT2D eigenvalue weighted by molar-refractivity contribution is 1.24. The second-order valence-corrected chi connectivity index (χ2v) is 20.4. The molecule has 342 valence electrons. The van der Waals surface area contributed by atoms with Crippen molar-refractivity contribution in [3.63, 3.8) is 0 Å². The smallest absolute Gasteiger partial charge is 0.333 e. The zero-order chi connectivity index (χ0) is 49.1. The van der Waals surface area contributed by atoms with Crippen LogP contribution in [0.4, 0.5) is 17.1 Å². The second kappa shape index (κ2) is 16.5. The van der Waals surface area contributed by atoms with Crippen molar-refractivity contribution in [1.29, 1.82) is 5.26 Å². The summed E-state index contributed by atoms with van der Waals surface area (Å²) >= 11 is 0. The van der Waals surface area contributed by atoms with Gasteiger partial charge in [0, 0.05) is 44.4 Å². The number of aryl methyl sites for hydroxylation is 6. The minimum absolute atomic E-state index is 0.155. The molecule has 72 heavy (non-hydrogen) atoms. The van der Waals surface area contributed by atoms with Crippen molar-refractivity contribution in [2.45, 2.75) is 48.5 Å². The quantitative estimate of drug-likeness (QED) is 0.156. The molecule has 0 saturated heterocycles. The molecule has 2 aliphatic heterocycles. The number of aromatic nitrogens is 1. The molecule has 2 aliphatic rings. The Morgan fingerprint density at radius 2 is 0.958 bits per heavy atom. The molecule has 13 rings (SSSR count). The summed E-state index contributed by atoms with van der Waals surface area (Å²) in [5, 5.41) is 12.5. The molecule has 0 saturated carbocycles. The molecule has 3 nitrogen and oxygen atoms in total. The molecule has 0 N–H and O–H groups in total. The molecule has 3 heterocycles. The molecule has 0 unspecified atom stereocenters. The van der Waals surface area contributed by atoms with Gasteiger partial charge < -0.3 is 9.38 Å². The molecule has 11 aromatic rings. The van der Waals surface area contributed by atoms with Crippen LogP contribution >= 0.6 is 0 Å². The molecule has 1 aromatic heterocycles. The highest BCUT2D eigenvalue weighted by Gasteiger charge is 2.44. The molecule has 10 aromatic carbocycles. The van der Waals surface area contributed by atoms with E-state index in [9.17, 15) is 5.26 Å². The summed E-state index contributed by atoms with van der Waals surface area (Å²) in [6, 6.07) is 72.3. The van der Waals surface area contributed by atoms with Crippen molar-refractivity contribution in [3.05, 3.63) is 233 Å². The molecular formula is C68H52BN3. The van der Waals surface area contributed by atoms with Gasteiger partial charge in [-0.2, -0.15) is 5.26 Å². The van der Waals surface area contributed by atoms with E-state index in [4.69, 9.17) is 0 Å². The fourth-order valence-corrected chi connectivity index (χ4v) is 12.9. The lowest BCUT2D eigenvalue weighted by atomic mass is 9.44. The van der Waals surface area contributed by atoms with Crippen LogP contribution in [-0.4, -0.2) is 11.3 Å². The number of benzene rings is 10. The molecule has 0 radical (unpaired) electrons. The number of nitrogens with zero attached hydrogens (tertiary/aromatic N) is 3. The summed E-state index contributed by atoms with van der Waals surface area (Å²) in [5.74, 6) is 0. The maximum absolute atomic E-state index is 9.94. The fraction of sp³-hybridized carbons (Fsp3) is 0.103. The van der Waals surface area contributed by atoms with Crippen molar-refractivity contribution >= 4 is 56.6 Å². The average Bonchev–Trinajstić information content (AvgIpc) is 3.71. The number of hydrogen-bond acceptors (Lipinski definition) is 2.